The minimum Gasteiger partial charge on any atom is -0.480 e. The van der Waals surface area contributed by atoms with Gasteiger partial charge in [-0.3, -0.25) is 0 Å². The van der Waals surface area contributed by atoms with Crippen LogP contribution in [0, 0.1) is 0 Å². The Balaban J connectivity index is 1.87. The lowest BCUT2D eigenvalue weighted by atomic mass is 10.0. The molecule has 0 radical (unpaired) electrons. The van der Waals surface area contributed by atoms with Gasteiger partial charge in [0.05, 0.1) is 12.8 Å². The van der Waals surface area contributed by atoms with Gasteiger partial charge < -0.3 is 15.0 Å². The molecule has 0 unspecified atom stereocenters. The molecule has 18 heavy (non-hydrogen) atoms. The molecule has 0 atom stereocenters. The summed E-state index contributed by atoms with van der Waals surface area (Å²) in [7, 11) is 1.66. The standard InChI is InChI=1S/C14H23N3O/c1-3-9-17-10-6-12(7-11-17)16-13-5-4-8-15-14(13)18-2/h4-5,8,12,16H,3,6-7,9-11H2,1-2H3. The van der Waals surface area contributed by atoms with Crippen molar-refractivity contribution in [2.24, 2.45) is 0 Å². The molecule has 1 aliphatic rings. The molecule has 0 aliphatic carbocycles. The van der Waals surface area contributed by atoms with E-state index in [9.17, 15) is 0 Å². The minimum atomic E-state index is 0.538. The summed E-state index contributed by atoms with van der Waals surface area (Å²) in [5.41, 5.74) is 1.01. The number of aromatic nitrogens is 1. The summed E-state index contributed by atoms with van der Waals surface area (Å²) >= 11 is 0. The van der Waals surface area contributed by atoms with Crippen molar-refractivity contribution < 1.29 is 4.74 Å². The fraction of sp³-hybridized carbons (Fsp3) is 0.643. The number of likely N-dealkylation sites (tertiary alicyclic amines) is 1. The first-order valence-electron chi connectivity index (χ1n) is 6.81. The zero-order valence-corrected chi connectivity index (χ0v) is 11.4. The molecule has 0 saturated carbocycles. The van der Waals surface area contributed by atoms with Gasteiger partial charge in [0.2, 0.25) is 5.88 Å². The SMILES string of the molecule is CCCN1CCC(Nc2cccnc2OC)CC1. The fourth-order valence-electron chi connectivity index (χ4n) is 2.50. The predicted octanol–water partition coefficient (Wildman–Crippen LogP) is 2.38. The topological polar surface area (TPSA) is 37.4 Å². The molecule has 0 spiro atoms. The second-order valence-electron chi connectivity index (χ2n) is 4.82. The number of pyridine rings is 1. The average molecular weight is 249 g/mol. The van der Waals surface area contributed by atoms with E-state index in [0.29, 0.717) is 11.9 Å². The van der Waals surface area contributed by atoms with Gasteiger partial charge in [0, 0.05) is 25.3 Å². The third-order valence-corrected chi connectivity index (χ3v) is 3.45. The minimum absolute atomic E-state index is 0.538. The normalized spacial score (nSPS) is 17.7. The van der Waals surface area contributed by atoms with Gasteiger partial charge in [0.15, 0.2) is 0 Å². The summed E-state index contributed by atoms with van der Waals surface area (Å²) in [5, 5.41) is 3.55. The summed E-state index contributed by atoms with van der Waals surface area (Å²) in [6, 6.07) is 4.51. The van der Waals surface area contributed by atoms with Crippen LogP contribution in [-0.2, 0) is 0 Å². The summed E-state index contributed by atoms with van der Waals surface area (Å²) < 4.78 is 5.26. The van der Waals surface area contributed by atoms with Crippen LogP contribution in [0.25, 0.3) is 0 Å². The van der Waals surface area contributed by atoms with Crippen LogP contribution in [0.5, 0.6) is 5.88 Å². The number of nitrogens with zero attached hydrogens (tertiary/aromatic N) is 2. The highest BCUT2D eigenvalue weighted by Crippen LogP contribution is 2.23. The number of anilines is 1. The summed E-state index contributed by atoms with van der Waals surface area (Å²) in [4.78, 5) is 6.75. The molecule has 1 saturated heterocycles. The molecule has 0 aromatic carbocycles. The van der Waals surface area contributed by atoms with Crippen LogP contribution in [0.2, 0.25) is 0 Å². The Hall–Kier alpha value is -1.29. The zero-order valence-electron chi connectivity index (χ0n) is 11.4. The molecular weight excluding hydrogens is 226 g/mol. The van der Waals surface area contributed by atoms with Crippen LogP contribution in [-0.4, -0.2) is 42.7 Å². The lowest BCUT2D eigenvalue weighted by molar-refractivity contribution is 0.219. The van der Waals surface area contributed by atoms with Crippen LogP contribution in [0.1, 0.15) is 26.2 Å². The van der Waals surface area contributed by atoms with Gasteiger partial charge in [0.1, 0.15) is 0 Å². The van der Waals surface area contributed by atoms with E-state index in [0.717, 1.165) is 5.69 Å². The fourth-order valence-corrected chi connectivity index (χ4v) is 2.50. The maximum Gasteiger partial charge on any atom is 0.237 e. The van der Waals surface area contributed by atoms with Gasteiger partial charge in [-0.05, 0) is 37.9 Å². The van der Waals surface area contributed by atoms with Crippen LogP contribution in [0.15, 0.2) is 18.3 Å². The Labute approximate surface area is 109 Å². The highest BCUT2D eigenvalue weighted by molar-refractivity contribution is 5.52. The second-order valence-corrected chi connectivity index (χ2v) is 4.82. The third-order valence-electron chi connectivity index (χ3n) is 3.45. The van der Waals surface area contributed by atoms with Crippen LogP contribution in [0.4, 0.5) is 5.69 Å². The lowest BCUT2D eigenvalue weighted by Gasteiger charge is -2.32. The van der Waals surface area contributed by atoms with E-state index in [1.165, 1.54) is 38.9 Å². The van der Waals surface area contributed by atoms with Gasteiger partial charge >= 0.3 is 0 Å². The summed E-state index contributed by atoms with van der Waals surface area (Å²) in [6.07, 6.45) is 5.39. The number of nitrogens with one attached hydrogen (secondary N) is 1. The number of ether oxygens (including phenoxy) is 1. The van der Waals surface area contributed by atoms with Crippen molar-refractivity contribution in [3.05, 3.63) is 18.3 Å². The summed E-state index contributed by atoms with van der Waals surface area (Å²) in [5.74, 6) is 0.688. The van der Waals surface area contributed by atoms with E-state index in [4.69, 9.17) is 4.74 Å². The highest BCUT2D eigenvalue weighted by atomic mass is 16.5. The maximum absolute atomic E-state index is 5.26. The van der Waals surface area contributed by atoms with Gasteiger partial charge in [-0.15, -0.1) is 0 Å². The monoisotopic (exact) mass is 249 g/mol. The van der Waals surface area contributed by atoms with E-state index < -0.39 is 0 Å². The molecule has 0 bridgehead atoms. The Morgan fingerprint density at radius 3 is 2.89 bits per heavy atom. The van der Waals surface area contributed by atoms with Gasteiger partial charge in [0.25, 0.3) is 0 Å². The molecule has 4 heteroatoms. The van der Waals surface area contributed by atoms with Crippen molar-refractivity contribution >= 4 is 5.69 Å². The van der Waals surface area contributed by atoms with E-state index in [2.05, 4.69) is 22.1 Å². The number of hydrogen-bond donors (Lipinski definition) is 1. The summed E-state index contributed by atoms with van der Waals surface area (Å²) in [6.45, 7) is 5.84. The lowest BCUT2D eigenvalue weighted by Crippen LogP contribution is -2.39. The van der Waals surface area contributed by atoms with E-state index >= 15 is 0 Å². The molecule has 2 heterocycles. The Morgan fingerprint density at radius 1 is 1.44 bits per heavy atom. The van der Waals surface area contributed by atoms with E-state index in [-0.39, 0.29) is 0 Å². The van der Waals surface area contributed by atoms with Crippen LogP contribution < -0.4 is 10.1 Å². The first-order chi connectivity index (χ1) is 8.83. The van der Waals surface area contributed by atoms with Crippen LogP contribution in [0.3, 0.4) is 0 Å². The van der Waals surface area contributed by atoms with Crippen molar-refractivity contribution in [1.29, 1.82) is 0 Å². The van der Waals surface area contributed by atoms with Gasteiger partial charge in [-0.2, -0.15) is 0 Å². The Morgan fingerprint density at radius 2 is 2.22 bits per heavy atom. The molecule has 100 valence electrons. The van der Waals surface area contributed by atoms with Gasteiger partial charge in [-0.25, -0.2) is 4.98 Å². The number of piperidine rings is 1. The molecule has 2 rings (SSSR count). The molecule has 1 fully saturated rings. The smallest absolute Gasteiger partial charge is 0.237 e. The first kappa shape index (κ1) is 13.1. The predicted molar refractivity (Wildman–Crippen MR) is 74.2 cm³/mol. The van der Waals surface area contributed by atoms with Crippen molar-refractivity contribution in [3.8, 4) is 5.88 Å². The average Bonchev–Trinajstić information content (AvgIpc) is 2.42. The largest absolute Gasteiger partial charge is 0.480 e. The Kier molecular flexibility index (Phi) is 4.81. The van der Waals surface area contributed by atoms with Crippen LogP contribution >= 0.6 is 0 Å². The molecule has 1 aliphatic heterocycles. The quantitative estimate of drug-likeness (QED) is 0.869. The Bertz CT molecular complexity index is 362. The molecule has 1 aromatic rings. The van der Waals surface area contributed by atoms with E-state index in [1.54, 1.807) is 13.3 Å². The van der Waals surface area contributed by atoms with Gasteiger partial charge in [-0.1, -0.05) is 6.92 Å². The first-order valence-corrected chi connectivity index (χ1v) is 6.81. The second kappa shape index (κ2) is 6.59. The van der Waals surface area contributed by atoms with Crippen molar-refractivity contribution in [3.63, 3.8) is 0 Å². The van der Waals surface area contributed by atoms with Crippen molar-refractivity contribution in [2.45, 2.75) is 32.2 Å². The number of rotatable bonds is 5. The number of hydrogen-bond acceptors (Lipinski definition) is 4. The highest BCUT2D eigenvalue weighted by Gasteiger charge is 2.19. The molecular formula is C14H23N3O. The third kappa shape index (κ3) is 3.35. The molecule has 0 amide bonds. The maximum atomic E-state index is 5.26. The van der Waals surface area contributed by atoms with Crippen molar-refractivity contribution in [1.82, 2.24) is 9.88 Å². The van der Waals surface area contributed by atoms with Crippen molar-refractivity contribution in [2.75, 3.05) is 32.1 Å². The molecule has 1 N–H and O–H groups in total. The molecule has 1 aromatic heterocycles. The van der Waals surface area contributed by atoms with E-state index in [1.807, 2.05) is 12.1 Å². The molecule has 4 nitrogen and oxygen atoms in total. The number of methoxy groups -OCH3 is 1. The zero-order chi connectivity index (χ0) is 12.8.